The predicted octanol–water partition coefficient (Wildman–Crippen LogP) is -0.311. The summed E-state index contributed by atoms with van der Waals surface area (Å²) in [5.74, 6) is -3.04. The topological polar surface area (TPSA) is 171 Å². The molecule has 31 heavy (non-hydrogen) atoms. The van der Waals surface area contributed by atoms with Gasteiger partial charge < -0.3 is 31.9 Å². The Morgan fingerprint density at radius 2 is 1.45 bits per heavy atom. The molecule has 10 nitrogen and oxygen atoms in total. The summed E-state index contributed by atoms with van der Waals surface area (Å²) in [6.45, 7) is 8.44. The monoisotopic (exact) mass is 462 g/mol. The first-order valence-electron chi connectivity index (χ1n) is 10.4. The van der Waals surface area contributed by atoms with Crippen molar-refractivity contribution < 1.29 is 29.4 Å². The normalized spacial score (nSPS) is 17.1. The molecule has 6 atom stereocenters. The fourth-order valence-corrected chi connectivity index (χ4v) is 3.17. The fourth-order valence-electron chi connectivity index (χ4n) is 2.70. The lowest BCUT2D eigenvalue weighted by atomic mass is 9.96. The minimum atomic E-state index is -1.20. The van der Waals surface area contributed by atoms with Gasteiger partial charge in [0.2, 0.25) is 17.7 Å². The van der Waals surface area contributed by atoms with Crippen LogP contribution in [0.5, 0.6) is 0 Å². The number of carbonyl (C=O) groups is 4. The Balaban J connectivity index is 5.46. The molecular formula is C20H38N4O6S. The molecule has 0 fully saturated rings. The highest BCUT2D eigenvalue weighted by molar-refractivity contribution is 7.98. The van der Waals surface area contributed by atoms with Crippen molar-refractivity contribution in [3.05, 3.63) is 0 Å². The van der Waals surface area contributed by atoms with Crippen LogP contribution in [0.25, 0.3) is 0 Å². The number of aliphatic carboxylic acids is 1. The lowest BCUT2D eigenvalue weighted by molar-refractivity contribution is -0.142. The molecule has 7 N–H and O–H groups in total. The minimum absolute atomic E-state index is 0.255. The van der Waals surface area contributed by atoms with Crippen molar-refractivity contribution in [3.63, 3.8) is 0 Å². The number of carboxylic acids is 1. The highest BCUT2D eigenvalue weighted by Crippen LogP contribution is 2.12. The average Bonchev–Trinajstić information content (AvgIpc) is 2.70. The van der Waals surface area contributed by atoms with Gasteiger partial charge in [-0.25, -0.2) is 4.79 Å². The second kappa shape index (κ2) is 14.3. The van der Waals surface area contributed by atoms with Gasteiger partial charge in [-0.3, -0.25) is 14.4 Å². The van der Waals surface area contributed by atoms with Gasteiger partial charge in [0, 0.05) is 0 Å². The average molecular weight is 463 g/mol. The molecule has 0 saturated carbocycles. The number of aliphatic hydroxyl groups is 1. The summed E-state index contributed by atoms with van der Waals surface area (Å²) in [7, 11) is 0. The molecule has 0 aromatic heterocycles. The highest BCUT2D eigenvalue weighted by Gasteiger charge is 2.34. The van der Waals surface area contributed by atoms with Crippen molar-refractivity contribution in [2.24, 2.45) is 17.6 Å². The SMILES string of the molecule is CCC(C)C(NC(=O)C(NC(=O)C(N)C(C)O)C(C)C)C(=O)NC(CCSC)C(=O)O. The third kappa shape index (κ3) is 9.88. The lowest BCUT2D eigenvalue weighted by Gasteiger charge is -2.29. The van der Waals surface area contributed by atoms with Gasteiger partial charge in [0.1, 0.15) is 24.2 Å². The molecular weight excluding hydrogens is 424 g/mol. The van der Waals surface area contributed by atoms with Gasteiger partial charge in [-0.2, -0.15) is 11.8 Å². The number of hydrogen-bond acceptors (Lipinski definition) is 7. The van der Waals surface area contributed by atoms with E-state index in [0.717, 1.165) is 0 Å². The van der Waals surface area contributed by atoms with Crippen LogP contribution in [0, 0.1) is 11.8 Å². The second-order valence-electron chi connectivity index (χ2n) is 8.05. The number of carbonyl (C=O) groups excluding carboxylic acids is 3. The van der Waals surface area contributed by atoms with Gasteiger partial charge in [0.15, 0.2) is 0 Å². The Labute approximate surface area is 188 Å². The van der Waals surface area contributed by atoms with E-state index in [1.807, 2.05) is 13.2 Å². The van der Waals surface area contributed by atoms with E-state index in [1.54, 1.807) is 20.8 Å². The maximum absolute atomic E-state index is 12.9. The molecule has 0 spiro atoms. The fraction of sp³-hybridized carbons (Fsp3) is 0.800. The van der Waals surface area contributed by atoms with E-state index < -0.39 is 54.0 Å². The number of carboxylic acid groups (broad SMARTS) is 1. The number of aliphatic hydroxyl groups excluding tert-OH is 1. The quantitative estimate of drug-likeness (QED) is 0.204. The van der Waals surface area contributed by atoms with Gasteiger partial charge in [-0.15, -0.1) is 0 Å². The van der Waals surface area contributed by atoms with E-state index in [2.05, 4.69) is 16.0 Å². The number of rotatable bonds is 14. The van der Waals surface area contributed by atoms with Gasteiger partial charge in [-0.1, -0.05) is 34.1 Å². The number of hydrogen-bond donors (Lipinski definition) is 6. The maximum atomic E-state index is 12.9. The first kappa shape index (κ1) is 29.1. The van der Waals surface area contributed by atoms with Crippen molar-refractivity contribution in [1.82, 2.24) is 16.0 Å². The van der Waals surface area contributed by atoms with Crippen molar-refractivity contribution in [2.75, 3.05) is 12.0 Å². The summed E-state index contributed by atoms with van der Waals surface area (Å²) in [6.07, 6.45) is 1.56. The zero-order chi connectivity index (χ0) is 24.3. The van der Waals surface area contributed by atoms with Crippen molar-refractivity contribution >= 4 is 35.5 Å². The summed E-state index contributed by atoms with van der Waals surface area (Å²) < 4.78 is 0. The Hall–Kier alpha value is -1.85. The van der Waals surface area contributed by atoms with E-state index in [-0.39, 0.29) is 18.3 Å². The molecule has 0 aliphatic carbocycles. The summed E-state index contributed by atoms with van der Waals surface area (Å²) in [4.78, 5) is 49.4. The molecule has 6 unspecified atom stereocenters. The molecule has 11 heteroatoms. The van der Waals surface area contributed by atoms with Crippen LogP contribution in [0.4, 0.5) is 0 Å². The Kier molecular flexibility index (Phi) is 13.4. The van der Waals surface area contributed by atoms with E-state index in [0.29, 0.717) is 12.2 Å². The Morgan fingerprint density at radius 3 is 1.87 bits per heavy atom. The minimum Gasteiger partial charge on any atom is -0.480 e. The van der Waals surface area contributed by atoms with Crippen LogP contribution in [0.15, 0.2) is 0 Å². The first-order valence-corrected chi connectivity index (χ1v) is 11.8. The van der Waals surface area contributed by atoms with Gasteiger partial charge in [0.05, 0.1) is 6.10 Å². The predicted molar refractivity (Wildman–Crippen MR) is 120 cm³/mol. The molecule has 0 bridgehead atoms. The molecule has 0 rings (SSSR count). The van der Waals surface area contributed by atoms with Crippen LogP contribution in [-0.2, 0) is 19.2 Å². The van der Waals surface area contributed by atoms with Crippen LogP contribution in [0.3, 0.4) is 0 Å². The summed E-state index contributed by atoms with van der Waals surface area (Å²) in [5, 5.41) is 26.6. The number of nitrogens with two attached hydrogens (primary N) is 1. The van der Waals surface area contributed by atoms with Crippen LogP contribution in [0.1, 0.15) is 47.5 Å². The summed E-state index contributed by atoms with van der Waals surface area (Å²) in [6, 6.07) is -4.22. The number of nitrogens with one attached hydrogen (secondary N) is 3. The Morgan fingerprint density at radius 1 is 0.935 bits per heavy atom. The third-order valence-electron chi connectivity index (χ3n) is 5.09. The molecule has 0 aromatic carbocycles. The smallest absolute Gasteiger partial charge is 0.326 e. The first-order chi connectivity index (χ1) is 14.4. The van der Waals surface area contributed by atoms with Gasteiger partial charge >= 0.3 is 5.97 Å². The van der Waals surface area contributed by atoms with Crippen LogP contribution < -0.4 is 21.7 Å². The largest absolute Gasteiger partial charge is 0.480 e. The van der Waals surface area contributed by atoms with E-state index >= 15 is 0 Å². The summed E-state index contributed by atoms with van der Waals surface area (Å²) in [5.41, 5.74) is 5.64. The molecule has 0 aromatic rings. The zero-order valence-electron chi connectivity index (χ0n) is 19.2. The van der Waals surface area contributed by atoms with Gasteiger partial charge in [0.25, 0.3) is 0 Å². The zero-order valence-corrected chi connectivity index (χ0v) is 20.0. The highest BCUT2D eigenvalue weighted by atomic mass is 32.2. The van der Waals surface area contributed by atoms with Crippen LogP contribution >= 0.6 is 11.8 Å². The van der Waals surface area contributed by atoms with E-state index in [1.165, 1.54) is 18.7 Å². The van der Waals surface area contributed by atoms with Crippen molar-refractivity contribution in [3.8, 4) is 0 Å². The number of thioether (sulfide) groups is 1. The molecule has 0 radical (unpaired) electrons. The molecule has 0 aliphatic heterocycles. The summed E-state index contributed by atoms with van der Waals surface area (Å²) >= 11 is 1.47. The van der Waals surface area contributed by atoms with Crippen molar-refractivity contribution in [2.45, 2.75) is 77.7 Å². The maximum Gasteiger partial charge on any atom is 0.326 e. The molecule has 180 valence electrons. The molecule has 3 amide bonds. The van der Waals surface area contributed by atoms with E-state index in [4.69, 9.17) is 5.73 Å². The molecule has 0 saturated heterocycles. The van der Waals surface area contributed by atoms with Gasteiger partial charge in [-0.05, 0) is 37.2 Å². The molecule has 0 aliphatic rings. The third-order valence-corrected chi connectivity index (χ3v) is 5.73. The van der Waals surface area contributed by atoms with E-state index in [9.17, 15) is 29.4 Å². The van der Waals surface area contributed by atoms with Crippen LogP contribution in [-0.4, -0.2) is 76.2 Å². The van der Waals surface area contributed by atoms with Crippen LogP contribution in [0.2, 0.25) is 0 Å². The Bertz CT molecular complexity index is 616. The number of amides is 3. The van der Waals surface area contributed by atoms with Crippen molar-refractivity contribution in [1.29, 1.82) is 0 Å². The standard InChI is InChI=1S/C20H38N4O6S/c1-7-11(4)16(19(28)22-13(20(29)30)8-9-31-6)24-18(27)15(10(2)3)23-17(26)14(21)12(5)25/h10-16,25H,7-9,21H2,1-6H3,(H,22,28)(H,23,26)(H,24,27)(H,29,30). The lowest BCUT2D eigenvalue weighted by Crippen LogP contribution is -2.60. The molecule has 0 heterocycles. The second-order valence-corrected chi connectivity index (χ2v) is 9.03.